The van der Waals surface area contributed by atoms with Crippen molar-refractivity contribution < 1.29 is 0 Å². The molecule has 1 unspecified atom stereocenters. The number of anilines is 2. The molecule has 32 heavy (non-hydrogen) atoms. The lowest BCUT2D eigenvalue weighted by Crippen LogP contribution is -2.61. The van der Waals surface area contributed by atoms with Crippen molar-refractivity contribution in [3.63, 3.8) is 0 Å². The molecular weight excluding hydrogens is 392 g/mol. The number of benzene rings is 2. The molecule has 2 aliphatic heterocycles. The van der Waals surface area contributed by atoms with E-state index in [1.807, 2.05) is 18.5 Å². The van der Waals surface area contributed by atoms with Crippen LogP contribution in [0.15, 0.2) is 79.1 Å². The van der Waals surface area contributed by atoms with E-state index in [1.54, 1.807) is 0 Å². The second-order valence-corrected chi connectivity index (χ2v) is 9.94. The van der Waals surface area contributed by atoms with Crippen LogP contribution in [0.3, 0.4) is 0 Å². The van der Waals surface area contributed by atoms with Gasteiger partial charge in [0.2, 0.25) is 0 Å². The highest BCUT2D eigenvalue weighted by Gasteiger charge is 2.53. The van der Waals surface area contributed by atoms with Crippen LogP contribution in [0, 0.1) is 11.3 Å². The van der Waals surface area contributed by atoms with Crippen LogP contribution in [-0.2, 0) is 6.54 Å². The van der Waals surface area contributed by atoms with Crippen LogP contribution in [0.5, 0.6) is 0 Å². The minimum absolute atomic E-state index is 0.350. The number of rotatable bonds is 7. The zero-order valence-corrected chi connectivity index (χ0v) is 19.2. The molecule has 2 aliphatic rings. The fourth-order valence-electron chi connectivity index (χ4n) is 5.41. The second kappa shape index (κ2) is 8.95. The van der Waals surface area contributed by atoms with Gasteiger partial charge in [0.15, 0.2) is 0 Å². The Morgan fingerprint density at radius 3 is 2.44 bits per heavy atom. The summed E-state index contributed by atoms with van der Waals surface area (Å²) >= 11 is 0. The highest BCUT2D eigenvalue weighted by atomic mass is 15.3. The lowest BCUT2D eigenvalue weighted by Gasteiger charge is -2.52. The molecule has 3 aromatic rings. The standard InChI is InChI=1S/C28H34N4/c1-22(2)24-12-10-23(11-13-24)17-31-18-25(15-30-26-7-6-14-29-16-26)28(19-31)20-32(21-28)27-8-4-3-5-9-27/h3-14,16,22,25,30H,15,17-21H2,1-2H3. The Morgan fingerprint density at radius 2 is 1.75 bits per heavy atom. The fourth-order valence-corrected chi connectivity index (χ4v) is 5.41. The summed E-state index contributed by atoms with van der Waals surface area (Å²) in [6.45, 7) is 11.1. The van der Waals surface area contributed by atoms with E-state index in [9.17, 15) is 0 Å². The van der Waals surface area contributed by atoms with Gasteiger partial charge in [0, 0.05) is 62.8 Å². The Labute approximate surface area is 192 Å². The van der Waals surface area contributed by atoms with Crippen LogP contribution in [0.2, 0.25) is 0 Å². The van der Waals surface area contributed by atoms with Gasteiger partial charge in [-0.15, -0.1) is 0 Å². The summed E-state index contributed by atoms with van der Waals surface area (Å²) in [4.78, 5) is 9.47. The maximum Gasteiger partial charge on any atom is 0.0526 e. The largest absolute Gasteiger partial charge is 0.383 e. The SMILES string of the molecule is CC(C)c1ccc(CN2CC(CNc3cccnc3)C3(C2)CN(c2ccccc2)C3)cc1. The van der Waals surface area contributed by atoms with E-state index in [1.165, 1.54) is 23.4 Å². The van der Waals surface area contributed by atoms with Gasteiger partial charge < -0.3 is 10.2 Å². The molecule has 0 radical (unpaired) electrons. The van der Waals surface area contributed by atoms with Crippen molar-refractivity contribution in [1.82, 2.24) is 9.88 Å². The average Bonchev–Trinajstić information content (AvgIpc) is 3.16. The van der Waals surface area contributed by atoms with Gasteiger partial charge in [-0.25, -0.2) is 0 Å². The molecule has 4 nitrogen and oxygen atoms in total. The molecule has 3 heterocycles. The van der Waals surface area contributed by atoms with E-state index in [4.69, 9.17) is 0 Å². The maximum atomic E-state index is 4.26. The third-order valence-corrected chi connectivity index (χ3v) is 7.28. The summed E-state index contributed by atoms with van der Waals surface area (Å²) in [5.41, 5.74) is 5.65. The molecule has 166 valence electrons. The Kier molecular flexibility index (Phi) is 5.88. The maximum absolute atomic E-state index is 4.26. The first-order chi connectivity index (χ1) is 15.6. The molecule has 1 aromatic heterocycles. The average molecular weight is 427 g/mol. The number of hydrogen-bond acceptors (Lipinski definition) is 4. The molecule has 0 bridgehead atoms. The first-order valence-corrected chi connectivity index (χ1v) is 11.9. The van der Waals surface area contributed by atoms with Gasteiger partial charge in [0.1, 0.15) is 0 Å². The smallest absolute Gasteiger partial charge is 0.0526 e. The Morgan fingerprint density at radius 1 is 0.969 bits per heavy atom. The number of pyridine rings is 1. The third-order valence-electron chi connectivity index (χ3n) is 7.28. The minimum atomic E-state index is 0.350. The zero-order valence-electron chi connectivity index (χ0n) is 19.2. The highest BCUT2D eigenvalue weighted by molar-refractivity contribution is 5.50. The molecule has 5 rings (SSSR count). The predicted octanol–water partition coefficient (Wildman–Crippen LogP) is 5.26. The lowest BCUT2D eigenvalue weighted by molar-refractivity contribution is 0.162. The number of nitrogens with zero attached hydrogens (tertiary/aromatic N) is 3. The quantitative estimate of drug-likeness (QED) is 0.559. The number of nitrogens with one attached hydrogen (secondary N) is 1. The van der Waals surface area contributed by atoms with E-state index < -0.39 is 0 Å². The molecule has 1 spiro atoms. The van der Waals surface area contributed by atoms with Crippen molar-refractivity contribution in [2.75, 3.05) is 42.9 Å². The van der Waals surface area contributed by atoms with E-state index in [-0.39, 0.29) is 0 Å². The van der Waals surface area contributed by atoms with Gasteiger partial charge in [-0.2, -0.15) is 0 Å². The summed E-state index contributed by atoms with van der Waals surface area (Å²) < 4.78 is 0. The van der Waals surface area contributed by atoms with Crippen LogP contribution in [-0.4, -0.2) is 42.6 Å². The number of aromatic nitrogens is 1. The fraction of sp³-hybridized carbons (Fsp3) is 0.393. The Balaban J connectivity index is 1.28. The second-order valence-electron chi connectivity index (χ2n) is 9.94. The molecule has 0 saturated carbocycles. The molecule has 0 aliphatic carbocycles. The number of hydrogen-bond donors (Lipinski definition) is 1. The first-order valence-electron chi connectivity index (χ1n) is 11.9. The van der Waals surface area contributed by atoms with Gasteiger partial charge >= 0.3 is 0 Å². The highest BCUT2D eigenvalue weighted by Crippen LogP contribution is 2.46. The van der Waals surface area contributed by atoms with E-state index in [2.05, 4.69) is 94.6 Å². The van der Waals surface area contributed by atoms with Crippen LogP contribution >= 0.6 is 0 Å². The van der Waals surface area contributed by atoms with Gasteiger partial charge in [0.05, 0.1) is 5.69 Å². The molecule has 2 aromatic carbocycles. The van der Waals surface area contributed by atoms with Gasteiger partial charge in [0.25, 0.3) is 0 Å². The van der Waals surface area contributed by atoms with E-state index in [0.29, 0.717) is 17.3 Å². The predicted molar refractivity (Wildman–Crippen MR) is 133 cm³/mol. The van der Waals surface area contributed by atoms with E-state index in [0.717, 1.165) is 38.4 Å². The number of para-hydroxylation sites is 1. The normalized spacial score (nSPS) is 20.0. The molecule has 1 atom stereocenters. The van der Waals surface area contributed by atoms with Crippen LogP contribution in [0.1, 0.15) is 30.9 Å². The summed E-state index contributed by atoms with van der Waals surface area (Å²) in [6.07, 6.45) is 3.75. The van der Waals surface area contributed by atoms with Gasteiger partial charge in [-0.1, -0.05) is 56.3 Å². The monoisotopic (exact) mass is 426 g/mol. The van der Waals surface area contributed by atoms with Crippen LogP contribution < -0.4 is 10.2 Å². The van der Waals surface area contributed by atoms with Crippen molar-refractivity contribution in [3.8, 4) is 0 Å². The summed E-state index contributed by atoms with van der Waals surface area (Å²) in [6, 6.07) is 24.2. The molecule has 2 fully saturated rings. The zero-order chi connectivity index (χ0) is 22.0. The molecule has 4 heteroatoms. The first kappa shape index (κ1) is 21.0. The summed E-state index contributed by atoms with van der Waals surface area (Å²) in [5, 5.41) is 3.66. The third kappa shape index (κ3) is 4.37. The van der Waals surface area contributed by atoms with Crippen molar-refractivity contribution in [3.05, 3.63) is 90.3 Å². The van der Waals surface area contributed by atoms with Crippen LogP contribution in [0.4, 0.5) is 11.4 Å². The molecule has 2 saturated heterocycles. The van der Waals surface area contributed by atoms with Crippen LogP contribution in [0.25, 0.3) is 0 Å². The Hall–Kier alpha value is -2.85. The van der Waals surface area contributed by atoms with Gasteiger partial charge in [-0.3, -0.25) is 9.88 Å². The van der Waals surface area contributed by atoms with Crippen molar-refractivity contribution >= 4 is 11.4 Å². The number of likely N-dealkylation sites (tertiary alicyclic amines) is 1. The van der Waals surface area contributed by atoms with Crippen molar-refractivity contribution in [1.29, 1.82) is 0 Å². The summed E-state index contributed by atoms with van der Waals surface area (Å²) in [5.74, 6) is 1.21. The summed E-state index contributed by atoms with van der Waals surface area (Å²) in [7, 11) is 0. The molecular formula is C28H34N4. The van der Waals surface area contributed by atoms with Gasteiger partial charge in [-0.05, 0) is 47.2 Å². The van der Waals surface area contributed by atoms with Crippen molar-refractivity contribution in [2.45, 2.75) is 26.3 Å². The molecule has 1 N–H and O–H groups in total. The topological polar surface area (TPSA) is 31.4 Å². The van der Waals surface area contributed by atoms with E-state index >= 15 is 0 Å². The Bertz CT molecular complexity index is 995. The molecule has 0 amide bonds. The van der Waals surface area contributed by atoms with Crippen molar-refractivity contribution in [2.24, 2.45) is 11.3 Å². The lowest BCUT2D eigenvalue weighted by atomic mass is 9.71. The minimum Gasteiger partial charge on any atom is -0.383 e.